The van der Waals surface area contributed by atoms with Crippen molar-refractivity contribution >= 4 is 11.6 Å². The van der Waals surface area contributed by atoms with Crippen molar-refractivity contribution in [3.63, 3.8) is 0 Å². The summed E-state index contributed by atoms with van der Waals surface area (Å²) < 4.78 is 5.78. The third-order valence-electron chi connectivity index (χ3n) is 3.29. The Kier molecular flexibility index (Phi) is 4.19. The summed E-state index contributed by atoms with van der Waals surface area (Å²) in [5, 5.41) is 4.18. The number of halogens is 1. The number of nitrogens with zero attached hydrogens (tertiary/aromatic N) is 1. The van der Waals surface area contributed by atoms with E-state index < -0.39 is 0 Å². The maximum Gasteiger partial charge on any atom is 0.123 e. The zero-order valence-electron chi connectivity index (χ0n) is 11.2. The van der Waals surface area contributed by atoms with Gasteiger partial charge in [0.15, 0.2) is 0 Å². The molecule has 4 heteroatoms. The SMILES string of the molecule is Clc1ccccc1COc1ccnc(CNC2CC2)c1. The highest BCUT2D eigenvalue weighted by Crippen LogP contribution is 2.21. The molecule has 0 radical (unpaired) electrons. The number of pyridine rings is 1. The van der Waals surface area contributed by atoms with Crippen LogP contribution in [0.4, 0.5) is 0 Å². The minimum atomic E-state index is 0.471. The number of benzene rings is 1. The molecule has 0 amide bonds. The third kappa shape index (κ3) is 3.71. The second-order valence-corrected chi connectivity index (χ2v) is 5.43. The average Bonchev–Trinajstić information content (AvgIpc) is 3.29. The molecular weight excluding hydrogens is 272 g/mol. The summed E-state index contributed by atoms with van der Waals surface area (Å²) in [6.07, 6.45) is 4.34. The standard InChI is InChI=1S/C16H17ClN2O/c17-16-4-2-1-3-12(16)11-20-15-7-8-18-14(9-15)10-19-13-5-6-13/h1-4,7-9,13,19H,5-6,10-11H2. The second-order valence-electron chi connectivity index (χ2n) is 5.02. The fourth-order valence-electron chi connectivity index (χ4n) is 1.96. The molecule has 0 saturated heterocycles. The van der Waals surface area contributed by atoms with Gasteiger partial charge in [0.25, 0.3) is 0 Å². The normalized spacial score (nSPS) is 14.2. The van der Waals surface area contributed by atoms with Gasteiger partial charge in [0.05, 0.1) is 5.69 Å². The van der Waals surface area contributed by atoms with Crippen LogP contribution in [0, 0.1) is 0 Å². The molecule has 1 aromatic heterocycles. The lowest BCUT2D eigenvalue weighted by molar-refractivity contribution is 0.305. The molecule has 0 atom stereocenters. The zero-order chi connectivity index (χ0) is 13.8. The van der Waals surface area contributed by atoms with E-state index in [4.69, 9.17) is 16.3 Å². The molecule has 0 aliphatic heterocycles. The number of rotatable bonds is 6. The van der Waals surface area contributed by atoms with Crippen LogP contribution in [0.1, 0.15) is 24.1 Å². The van der Waals surface area contributed by atoms with Crippen molar-refractivity contribution in [1.29, 1.82) is 0 Å². The first-order valence-electron chi connectivity index (χ1n) is 6.86. The van der Waals surface area contributed by atoms with Gasteiger partial charge in [0, 0.05) is 35.4 Å². The summed E-state index contributed by atoms with van der Waals surface area (Å²) in [6.45, 7) is 1.27. The number of nitrogens with one attached hydrogen (secondary N) is 1. The first-order chi connectivity index (χ1) is 9.81. The second kappa shape index (κ2) is 6.25. The van der Waals surface area contributed by atoms with Crippen LogP contribution in [0.15, 0.2) is 42.6 Å². The fraction of sp³-hybridized carbons (Fsp3) is 0.312. The van der Waals surface area contributed by atoms with Gasteiger partial charge in [-0.2, -0.15) is 0 Å². The maximum atomic E-state index is 6.11. The van der Waals surface area contributed by atoms with Crippen molar-refractivity contribution < 1.29 is 4.74 Å². The van der Waals surface area contributed by atoms with Crippen LogP contribution in [0.2, 0.25) is 5.02 Å². The average molecular weight is 289 g/mol. The molecule has 1 aliphatic rings. The van der Waals surface area contributed by atoms with Gasteiger partial charge in [-0.3, -0.25) is 4.98 Å². The molecule has 1 saturated carbocycles. The number of hydrogen-bond donors (Lipinski definition) is 1. The summed E-state index contributed by atoms with van der Waals surface area (Å²) in [5.74, 6) is 0.826. The van der Waals surface area contributed by atoms with E-state index in [1.807, 2.05) is 36.4 Å². The van der Waals surface area contributed by atoms with Crippen molar-refractivity contribution in [2.45, 2.75) is 32.0 Å². The molecule has 0 spiro atoms. The molecule has 20 heavy (non-hydrogen) atoms. The quantitative estimate of drug-likeness (QED) is 0.882. The van der Waals surface area contributed by atoms with Crippen molar-refractivity contribution in [2.24, 2.45) is 0 Å². The molecule has 104 valence electrons. The largest absolute Gasteiger partial charge is 0.489 e. The molecule has 3 nitrogen and oxygen atoms in total. The Morgan fingerprint density at radius 1 is 1.25 bits per heavy atom. The highest BCUT2D eigenvalue weighted by molar-refractivity contribution is 6.31. The number of aromatic nitrogens is 1. The van der Waals surface area contributed by atoms with Crippen LogP contribution in [0.5, 0.6) is 5.75 Å². The van der Waals surface area contributed by atoms with Gasteiger partial charge in [0.2, 0.25) is 0 Å². The Balaban J connectivity index is 1.59. The van der Waals surface area contributed by atoms with Crippen LogP contribution >= 0.6 is 11.6 Å². The molecule has 1 fully saturated rings. The minimum Gasteiger partial charge on any atom is -0.489 e. The molecule has 1 N–H and O–H groups in total. The fourth-order valence-corrected chi connectivity index (χ4v) is 2.15. The topological polar surface area (TPSA) is 34.1 Å². The molecular formula is C16H17ClN2O. The van der Waals surface area contributed by atoms with Gasteiger partial charge in [0.1, 0.15) is 12.4 Å². The molecule has 0 unspecified atom stereocenters. The molecule has 2 aromatic rings. The highest BCUT2D eigenvalue weighted by atomic mass is 35.5. The Bertz CT molecular complexity index is 584. The Labute approximate surface area is 123 Å². The van der Waals surface area contributed by atoms with Gasteiger partial charge < -0.3 is 10.1 Å². The van der Waals surface area contributed by atoms with Crippen LogP contribution in [-0.2, 0) is 13.2 Å². The van der Waals surface area contributed by atoms with Crippen LogP contribution in [0.25, 0.3) is 0 Å². The van der Waals surface area contributed by atoms with E-state index in [9.17, 15) is 0 Å². The maximum absolute atomic E-state index is 6.11. The third-order valence-corrected chi connectivity index (χ3v) is 3.66. The van der Waals surface area contributed by atoms with E-state index in [0.29, 0.717) is 12.6 Å². The molecule has 1 heterocycles. The monoisotopic (exact) mass is 288 g/mol. The highest BCUT2D eigenvalue weighted by Gasteiger charge is 2.20. The predicted octanol–water partition coefficient (Wildman–Crippen LogP) is 3.57. The summed E-state index contributed by atoms with van der Waals surface area (Å²) in [5.41, 5.74) is 2.00. The van der Waals surface area contributed by atoms with Crippen LogP contribution in [-0.4, -0.2) is 11.0 Å². The first kappa shape index (κ1) is 13.4. The van der Waals surface area contributed by atoms with Crippen molar-refractivity contribution in [3.05, 3.63) is 58.9 Å². The summed E-state index contributed by atoms with van der Waals surface area (Å²) in [4.78, 5) is 4.34. The lowest BCUT2D eigenvalue weighted by Crippen LogP contribution is -2.16. The minimum absolute atomic E-state index is 0.471. The van der Waals surface area contributed by atoms with E-state index in [1.165, 1.54) is 12.8 Å². The van der Waals surface area contributed by atoms with Crippen LogP contribution < -0.4 is 10.1 Å². The van der Waals surface area contributed by atoms with E-state index in [2.05, 4.69) is 10.3 Å². The summed E-state index contributed by atoms with van der Waals surface area (Å²) >= 11 is 6.11. The van der Waals surface area contributed by atoms with E-state index in [0.717, 1.165) is 28.6 Å². The molecule has 3 rings (SSSR count). The Hall–Kier alpha value is -1.58. The number of hydrogen-bond acceptors (Lipinski definition) is 3. The van der Waals surface area contributed by atoms with Crippen molar-refractivity contribution in [2.75, 3.05) is 0 Å². The van der Waals surface area contributed by atoms with E-state index >= 15 is 0 Å². The van der Waals surface area contributed by atoms with Gasteiger partial charge in [-0.1, -0.05) is 29.8 Å². The van der Waals surface area contributed by atoms with Gasteiger partial charge >= 0.3 is 0 Å². The van der Waals surface area contributed by atoms with Crippen molar-refractivity contribution in [1.82, 2.24) is 10.3 Å². The van der Waals surface area contributed by atoms with E-state index in [1.54, 1.807) is 6.20 Å². The molecule has 1 aromatic carbocycles. The van der Waals surface area contributed by atoms with Gasteiger partial charge in [-0.15, -0.1) is 0 Å². The molecule has 1 aliphatic carbocycles. The summed E-state index contributed by atoms with van der Waals surface area (Å²) in [6, 6.07) is 12.3. The number of ether oxygens (including phenoxy) is 1. The smallest absolute Gasteiger partial charge is 0.123 e. The zero-order valence-corrected chi connectivity index (χ0v) is 11.9. The van der Waals surface area contributed by atoms with Crippen molar-refractivity contribution in [3.8, 4) is 5.75 Å². The lowest BCUT2D eigenvalue weighted by atomic mass is 10.2. The van der Waals surface area contributed by atoms with Crippen LogP contribution in [0.3, 0.4) is 0 Å². The lowest BCUT2D eigenvalue weighted by Gasteiger charge is -2.09. The van der Waals surface area contributed by atoms with Gasteiger partial charge in [-0.05, 0) is 25.0 Å². The first-order valence-corrected chi connectivity index (χ1v) is 7.23. The van der Waals surface area contributed by atoms with Gasteiger partial charge in [-0.25, -0.2) is 0 Å². The molecule has 0 bridgehead atoms. The van der Waals surface area contributed by atoms with E-state index in [-0.39, 0.29) is 0 Å². The predicted molar refractivity (Wildman–Crippen MR) is 79.9 cm³/mol. The Morgan fingerprint density at radius 2 is 2.10 bits per heavy atom. The summed E-state index contributed by atoms with van der Waals surface area (Å²) in [7, 11) is 0. The Morgan fingerprint density at radius 3 is 2.90 bits per heavy atom.